The molecular weight excluding hydrogens is 314 g/mol. The van der Waals surface area contributed by atoms with Gasteiger partial charge in [-0.3, -0.25) is 4.79 Å². The Hall–Kier alpha value is -1.15. The second-order valence-electron chi connectivity index (χ2n) is 5.23. The molecule has 6 nitrogen and oxygen atoms in total. The molecule has 0 saturated heterocycles. The minimum atomic E-state index is -3.46. The van der Waals surface area contributed by atoms with Crippen molar-refractivity contribution in [1.82, 2.24) is 10.0 Å². The van der Waals surface area contributed by atoms with Gasteiger partial charge in [0.2, 0.25) is 15.9 Å². The van der Waals surface area contributed by atoms with Crippen molar-refractivity contribution < 1.29 is 13.2 Å². The summed E-state index contributed by atoms with van der Waals surface area (Å²) in [5.41, 5.74) is 5.65. The number of benzene rings is 1. The van der Waals surface area contributed by atoms with Gasteiger partial charge in [-0.1, -0.05) is 30.3 Å². The van der Waals surface area contributed by atoms with Gasteiger partial charge in [0.1, 0.15) is 5.54 Å². The highest BCUT2D eigenvalue weighted by atomic mass is 35.5. The van der Waals surface area contributed by atoms with Crippen molar-refractivity contribution in [3.63, 3.8) is 0 Å². The molecule has 1 aromatic rings. The van der Waals surface area contributed by atoms with E-state index in [9.17, 15) is 13.2 Å². The van der Waals surface area contributed by atoms with Crippen LogP contribution in [0.4, 0.5) is 0 Å². The zero-order valence-corrected chi connectivity index (χ0v) is 13.9. The summed E-state index contributed by atoms with van der Waals surface area (Å²) in [6.07, 6.45) is 1.01. The second-order valence-corrected chi connectivity index (χ2v) is 6.97. The summed E-state index contributed by atoms with van der Waals surface area (Å²) in [7, 11) is -3.46. The van der Waals surface area contributed by atoms with E-state index in [-0.39, 0.29) is 25.0 Å². The third-order valence-electron chi connectivity index (χ3n) is 2.72. The average molecular weight is 336 g/mol. The maximum atomic E-state index is 12.0. The van der Waals surface area contributed by atoms with E-state index in [4.69, 9.17) is 5.73 Å². The van der Waals surface area contributed by atoms with Gasteiger partial charge in [-0.05, 0) is 19.4 Å². The summed E-state index contributed by atoms with van der Waals surface area (Å²) >= 11 is 0. The monoisotopic (exact) mass is 335 g/mol. The van der Waals surface area contributed by atoms with Gasteiger partial charge >= 0.3 is 0 Å². The maximum Gasteiger partial charge on any atom is 0.240 e. The molecule has 120 valence electrons. The van der Waals surface area contributed by atoms with E-state index in [2.05, 4.69) is 10.0 Å². The van der Waals surface area contributed by atoms with Crippen LogP contribution in [0.15, 0.2) is 30.3 Å². The Morgan fingerprint density at radius 2 is 1.81 bits per heavy atom. The fourth-order valence-corrected chi connectivity index (χ4v) is 2.77. The molecule has 0 aromatic heterocycles. The lowest BCUT2D eigenvalue weighted by Gasteiger charge is -2.25. The summed E-state index contributed by atoms with van der Waals surface area (Å²) in [5.74, 6) is -0.422. The number of hydrogen-bond acceptors (Lipinski definition) is 4. The minimum absolute atomic E-state index is 0. The number of halogens is 1. The van der Waals surface area contributed by atoms with Crippen LogP contribution in [0.25, 0.3) is 0 Å². The molecule has 0 bridgehead atoms. The van der Waals surface area contributed by atoms with E-state index in [0.717, 1.165) is 11.8 Å². The summed E-state index contributed by atoms with van der Waals surface area (Å²) in [6, 6.07) is 9.02. The second kappa shape index (κ2) is 7.74. The molecule has 1 amide bonds. The Labute approximate surface area is 132 Å². The Morgan fingerprint density at radius 3 is 2.29 bits per heavy atom. The Morgan fingerprint density at radius 1 is 1.29 bits per heavy atom. The largest absolute Gasteiger partial charge is 0.353 e. The Balaban J connectivity index is 0.00000400. The van der Waals surface area contributed by atoms with E-state index >= 15 is 0 Å². The molecule has 0 fully saturated rings. The van der Waals surface area contributed by atoms with Gasteiger partial charge in [0, 0.05) is 12.6 Å². The topological polar surface area (TPSA) is 101 Å². The van der Waals surface area contributed by atoms with Gasteiger partial charge in [0.15, 0.2) is 0 Å². The molecule has 21 heavy (non-hydrogen) atoms. The normalized spacial score (nSPS) is 13.1. The third-order valence-corrected chi connectivity index (χ3v) is 3.60. The Kier molecular flexibility index (Phi) is 7.32. The number of nitrogens with one attached hydrogen (secondary N) is 2. The molecule has 0 saturated carbocycles. The summed E-state index contributed by atoms with van der Waals surface area (Å²) in [4.78, 5) is 12.0. The summed E-state index contributed by atoms with van der Waals surface area (Å²) < 4.78 is 24.7. The van der Waals surface area contributed by atoms with E-state index in [1.165, 1.54) is 13.8 Å². The van der Waals surface area contributed by atoms with Crippen LogP contribution < -0.4 is 15.8 Å². The average Bonchev–Trinajstić information content (AvgIpc) is 2.33. The fraction of sp³-hybridized carbons (Fsp3) is 0.462. The quantitative estimate of drug-likeness (QED) is 0.706. The number of hydrogen-bond donors (Lipinski definition) is 3. The van der Waals surface area contributed by atoms with Crippen molar-refractivity contribution in [2.24, 2.45) is 5.73 Å². The number of sulfonamides is 1. The lowest BCUT2D eigenvalue weighted by molar-refractivity contribution is -0.125. The molecular formula is C13H22ClN3O3S. The molecule has 1 aromatic carbocycles. The molecule has 0 radical (unpaired) electrons. The first kappa shape index (κ1) is 19.9. The van der Waals surface area contributed by atoms with Crippen molar-refractivity contribution in [2.75, 3.05) is 12.8 Å². The van der Waals surface area contributed by atoms with Crippen LogP contribution in [0.2, 0.25) is 0 Å². The first-order valence-electron chi connectivity index (χ1n) is 6.19. The highest BCUT2D eigenvalue weighted by Gasteiger charge is 2.30. The molecule has 0 aliphatic heterocycles. The lowest BCUT2D eigenvalue weighted by atomic mass is 10.0. The van der Waals surface area contributed by atoms with Gasteiger partial charge in [0.05, 0.1) is 6.26 Å². The molecule has 4 N–H and O–H groups in total. The van der Waals surface area contributed by atoms with Gasteiger partial charge in [-0.2, -0.15) is 0 Å². The molecule has 0 heterocycles. The highest BCUT2D eigenvalue weighted by molar-refractivity contribution is 7.88. The third kappa shape index (κ3) is 6.90. The van der Waals surface area contributed by atoms with Crippen molar-refractivity contribution in [2.45, 2.75) is 25.4 Å². The first-order chi connectivity index (χ1) is 9.12. The Bertz CT molecular complexity index is 561. The summed E-state index contributed by atoms with van der Waals surface area (Å²) in [5, 5.41) is 2.65. The highest BCUT2D eigenvalue weighted by Crippen LogP contribution is 2.09. The number of carbonyl (C=O) groups is 1. The molecule has 0 aliphatic carbocycles. The number of rotatable bonds is 6. The van der Waals surface area contributed by atoms with Crippen LogP contribution in [0.3, 0.4) is 0 Å². The van der Waals surface area contributed by atoms with Gasteiger partial charge in [-0.15, -0.1) is 12.4 Å². The van der Waals surface area contributed by atoms with E-state index < -0.39 is 21.5 Å². The van der Waals surface area contributed by atoms with Gasteiger partial charge < -0.3 is 11.1 Å². The van der Waals surface area contributed by atoms with Crippen LogP contribution in [-0.2, 0) is 14.8 Å². The van der Waals surface area contributed by atoms with Crippen molar-refractivity contribution in [3.05, 3.63) is 35.9 Å². The zero-order chi connectivity index (χ0) is 15.4. The fourth-order valence-electron chi connectivity index (χ4n) is 1.75. The van der Waals surface area contributed by atoms with Crippen LogP contribution in [-0.4, -0.2) is 32.7 Å². The molecule has 0 spiro atoms. The molecule has 1 unspecified atom stereocenters. The minimum Gasteiger partial charge on any atom is -0.353 e. The van der Waals surface area contributed by atoms with E-state index in [0.29, 0.717) is 0 Å². The van der Waals surface area contributed by atoms with E-state index in [1.807, 2.05) is 30.3 Å². The smallest absolute Gasteiger partial charge is 0.240 e. The van der Waals surface area contributed by atoms with Crippen molar-refractivity contribution >= 4 is 28.3 Å². The van der Waals surface area contributed by atoms with Crippen LogP contribution in [0.1, 0.15) is 25.5 Å². The van der Waals surface area contributed by atoms with Crippen molar-refractivity contribution in [3.8, 4) is 0 Å². The zero-order valence-electron chi connectivity index (χ0n) is 12.3. The SMILES string of the molecule is CC(C)(NS(C)(=O)=O)C(=O)NCC(N)c1ccccc1.Cl. The molecule has 1 atom stereocenters. The molecule has 1 rings (SSSR count). The number of amides is 1. The van der Waals surface area contributed by atoms with E-state index in [1.54, 1.807) is 0 Å². The van der Waals surface area contributed by atoms with Crippen LogP contribution in [0.5, 0.6) is 0 Å². The predicted octanol–water partition coefficient (Wildman–Crippen LogP) is 0.552. The molecule has 0 aliphatic rings. The maximum absolute atomic E-state index is 12.0. The summed E-state index contributed by atoms with van der Waals surface area (Å²) in [6.45, 7) is 3.23. The van der Waals surface area contributed by atoms with Crippen LogP contribution >= 0.6 is 12.4 Å². The standard InChI is InChI=1S/C13H21N3O3S.ClH/c1-13(2,16-20(3,18)19)12(17)15-9-11(14)10-7-5-4-6-8-10;/h4-8,11,16H,9,14H2,1-3H3,(H,15,17);1H. The first-order valence-corrected chi connectivity index (χ1v) is 8.09. The number of carbonyl (C=O) groups excluding carboxylic acids is 1. The number of nitrogens with two attached hydrogens (primary N) is 1. The molecule has 8 heteroatoms. The predicted molar refractivity (Wildman–Crippen MR) is 85.7 cm³/mol. The van der Waals surface area contributed by atoms with Crippen molar-refractivity contribution in [1.29, 1.82) is 0 Å². The lowest BCUT2D eigenvalue weighted by Crippen LogP contribution is -2.55. The van der Waals surface area contributed by atoms with Gasteiger partial charge in [-0.25, -0.2) is 13.1 Å². The van der Waals surface area contributed by atoms with Gasteiger partial charge in [0.25, 0.3) is 0 Å². The van der Waals surface area contributed by atoms with Crippen LogP contribution in [0, 0.1) is 0 Å².